The van der Waals surface area contributed by atoms with Crippen LogP contribution in [0.15, 0.2) is 40.9 Å². The number of rotatable bonds is 9. The van der Waals surface area contributed by atoms with Gasteiger partial charge in [-0.2, -0.15) is 0 Å². The van der Waals surface area contributed by atoms with Crippen molar-refractivity contribution in [1.82, 2.24) is 15.6 Å². The van der Waals surface area contributed by atoms with E-state index in [0.29, 0.717) is 6.42 Å². The van der Waals surface area contributed by atoms with Crippen molar-refractivity contribution in [3.63, 3.8) is 0 Å². The lowest BCUT2D eigenvalue weighted by atomic mass is 9.92. The molecule has 1 aromatic carbocycles. The van der Waals surface area contributed by atoms with Gasteiger partial charge in [-0.25, -0.2) is 4.98 Å². The molecule has 9 nitrogen and oxygen atoms in total. The second-order valence-electron chi connectivity index (χ2n) is 6.43. The van der Waals surface area contributed by atoms with Crippen LogP contribution in [0.1, 0.15) is 17.7 Å². The summed E-state index contributed by atoms with van der Waals surface area (Å²) in [6.45, 7) is 0. The Bertz CT molecular complexity index is 949. The van der Waals surface area contributed by atoms with Crippen molar-refractivity contribution in [2.75, 3.05) is 18.3 Å². The second-order valence-corrected chi connectivity index (χ2v) is 7.56. The minimum atomic E-state index is -0.669. The first-order valence-corrected chi connectivity index (χ1v) is 10.5. The SMILES string of the molecule is CO/N=C(\C(=O)N[C@H]1C(=O)N[C@H]1CCc1ccccc1)c1csc(NC(=O)CCl)n1. The molecule has 1 aliphatic rings. The Morgan fingerprint density at radius 3 is 2.77 bits per heavy atom. The number of benzene rings is 1. The number of hydrogen-bond acceptors (Lipinski definition) is 7. The van der Waals surface area contributed by atoms with Gasteiger partial charge >= 0.3 is 0 Å². The number of anilines is 1. The van der Waals surface area contributed by atoms with E-state index in [1.807, 2.05) is 30.3 Å². The minimum Gasteiger partial charge on any atom is -0.398 e. The van der Waals surface area contributed by atoms with Crippen LogP contribution in [0.4, 0.5) is 5.13 Å². The molecule has 1 aliphatic heterocycles. The Morgan fingerprint density at radius 2 is 2.10 bits per heavy atom. The zero-order valence-electron chi connectivity index (χ0n) is 16.1. The summed E-state index contributed by atoms with van der Waals surface area (Å²) in [6.07, 6.45) is 1.45. The van der Waals surface area contributed by atoms with Gasteiger partial charge in [-0.1, -0.05) is 35.5 Å². The number of alkyl halides is 1. The number of carbonyl (C=O) groups is 3. The summed E-state index contributed by atoms with van der Waals surface area (Å²) in [6, 6.07) is 9.04. The molecule has 158 valence electrons. The third kappa shape index (κ3) is 5.33. The smallest absolute Gasteiger partial charge is 0.276 e. The molecule has 0 saturated carbocycles. The predicted octanol–water partition coefficient (Wildman–Crippen LogP) is 1.29. The Balaban J connectivity index is 1.63. The lowest BCUT2D eigenvalue weighted by molar-refractivity contribution is -0.134. The van der Waals surface area contributed by atoms with Crippen LogP contribution in [-0.4, -0.2) is 53.5 Å². The maximum atomic E-state index is 12.7. The molecule has 2 heterocycles. The first-order chi connectivity index (χ1) is 14.5. The molecule has 3 N–H and O–H groups in total. The number of hydrogen-bond donors (Lipinski definition) is 3. The van der Waals surface area contributed by atoms with Crippen molar-refractivity contribution in [1.29, 1.82) is 0 Å². The summed E-state index contributed by atoms with van der Waals surface area (Å²) >= 11 is 6.58. The third-order valence-electron chi connectivity index (χ3n) is 4.40. The van der Waals surface area contributed by atoms with E-state index in [2.05, 4.69) is 26.1 Å². The fourth-order valence-electron chi connectivity index (χ4n) is 2.91. The highest BCUT2D eigenvalue weighted by Crippen LogP contribution is 2.18. The Morgan fingerprint density at radius 1 is 1.33 bits per heavy atom. The number of amides is 3. The summed E-state index contributed by atoms with van der Waals surface area (Å²) in [5, 5.41) is 13.6. The van der Waals surface area contributed by atoms with Crippen molar-refractivity contribution >= 4 is 51.5 Å². The number of nitrogens with zero attached hydrogens (tertiary/aromatic N) is 2. The summed E-state index contributed by atoms with van der Waals surface area (Å²) in [5.74, 6) is -1.48. The number of thiazole rings is 1. The first-order valence-electron chi connectivity index (χ1n) is 9.10. The zero-order chi connectivity index (χ0) is 21.5. The number of β-lactam (4-membered cyclic amide) rings is 1. The molecule has 1 saturated heterocycles. The molecule has 2 aromatic rings. The summed E-state index contributed by atoms with van der Waals surface area (Å²) in [4.78, 5) is 45.1. The Hall–Kier alpha value is -2.98. The van der Waals surface area contributed by atoms with E-state index < -0.39 is 17.9 Å². The fourth-order valence-corrected chi connectivity index (χ4v) is 3.69. The lowest BCUT2D eigenvalue weighted by Gasteiger charge is -2.37. The summed E-state index contributed by atoms with van der Waals surface area (Å²) in [5.41, 5.74) is 1.27. The van der Waals surface area contributed by atoms with Gasteiger partial charge in [0.1, 0.15) is 24.7 Å². The molecule has 0 aliphatic carbocycles. The van der Waals surface area contributed by atoms with E-state index in [1.54, 1.807) is 5.38 Å². The van der Waals surface area contributed by atoms with Crippen molar-refractivity contribution < 1.29 is 19.2 Å². The molecule has 30 heavy (non-hydrogen) atoms. The van der Waals surface area contributed by atoms with Gasteiger partial charge in [-0.3, -0.25) is 14.4 Å². The monoisotopic (exact) mass is 449 g/mol. The quantitative estimate of drug-likeness (QED) is 0.230. The van der Waals surface area contributed by atoms with Gasteiger partial charge in [-0.05, 0) is 18.4 Å². The maximum absolute atomic E-state index is 12.7. The van der Waals surface area contributed by atoms with Crippen molar-refractivity contribution in [3.05, 3.63) is 47.0 Å². The molecular weight excluding hydrogens is 430 g/mol. The van der Waals surface area contributed by atoms with Crippen LogP contribution in [0.25, 0.3) is 0 Å². The highest BCUT2D eigenvalue weighted by Gasteiger charge is 2.40. The van der Waals surface area contributed by atoms with E-state index in [4.69, 9.17) is 16.4 Å². The van der Waals surface area contributed by atoms with Gasteiger partial charge in [0.25, 0.3) is 5.91 Å². The van der Waals surface area contributed by atoms with Gasteiger partial charge in [-0.15, -0.1) is 22.9 Å². The van der Waals surface area contributed by atoms with Crippen LogP contribution in [0, 0.1) is 0 Å². The van der Waals surface area contributed by atoms with Crippen LogP contribution < -0.4 is 16.0 Å². The fraction of sp³-hybridized carbons (Fsp3) is 0.316. The van der Waals surface area contributed by atoms with Crippen LogP contribution >= 0.6 is 22.9 Å². The summed E-state index contributed by atoms with van der Waals surface area (Å²) < 4.78 is 0. The minimum absolute atomic E-state index is 0.0957. The molecular formula is C19H20ClN5O4S. The summed E-state index contributed by atoms with van der Waals surface area (Å²) in [7, 11) is 1.30. The molecule has 11 heteroatoms. The number of aryl methyl sites for hydroxylation is 1. The average Bonchev–Trinajstić information content (AvgIpc) is 3.21. The standard InChI is InChI=1S/C19H20ClN5O4S/c1-29-25-16(13-10-30-19(22-13)23-14(26)9-20)18(28)24-15-12(21-17(15)27)8-7-11-5-3-2-4-6-11/h2-6,10,12,15H,7-9H2,1H3,(H,21,27)(H,24,28)(H,22,23,26)/b25-16-/t12-,15+/m0/s1. The van der Waals surface area contributed by atoms with Crippen LogP contribution in [-0.2, 0) is 25.6 Å². The maximum Gasteiger partial charge on any atom is 0.276 e. The molecule has 0 radical (unpaired) electrons. The van der Waals surface area contributed by atoms with Crippen molar-refractivity contribution in [2.24, 2.45) is 5.16 Å². The molecule has 0 spiro atoms. The number of oxime groups is 1. The first kappa shape index (κ1) is 21.7. The van der Waals surface area contributed by atoms with Gasteiger partial charge < -0.3 is 20.8 Å². The predicted molar refractivity (Wildman–Crippen MR) is 114 cm³/mol. The van der Waals surface area contributed by atoms with Gasteiger partial charge in [0, 0.05) is 5.38 Å². The van der Waals surface area contributed by atoms with E-state index in [1.165, 1.54) is 7.11 Å². The van der Waals surface area contributed by atoms with E-state index in [9.17, 15) is 14.4 Å². The Kier molecular flexibility index (Phi) is 7.36. The van der Waals surface area contributed by atoms with Crippen LogP contribution in [0.2, 0.25) is 0 Å². The molecule has 0 bridgehead atoms. The van der Waals surface area contributed by atoms with E-state index in [0.717, 1.165) is 23.3 Å². The van der Waals surface area contributed by atoms with Crippen molar-refractivity contribution in [3.8, 4) is 0 Å². The zero-order valence-corrected chi connectivity index (χ0v) is 17.6. The van der Waals surface area contributed by atoms with Gasteiger partial charge in [0.05, 0.1) is 6.04 Å². The molecule has 3 amide bonds. The van der Waals surface area contributed by atoms with Crippen LogP contribution in [0.3, 0.4) is 0 Å². The second kappa shape index (κ2) is 10.2. The lowest BCUT2D eigenvalue weighted by Crippen LogP contribution is -2.69. The highest BCUT2D eigenvalue weighted by atomic mass is 35.5. The number of nitrogens with one attached hydrogen (secondary N) is 3. The normalized spacial score (nSPS) is 18.2. The third-order valence-corrected chi connectivity index (χ3v) is 5.40. The van der Waals surface area contributed by atoms with Gasteiger partial charge in [0.15, 0.2) is 10.8 Å². The molecule has 2 atom stereocenters. The van der Waals surface area contributed by atoms with E-state index >= 15 is 0 Å². The topological polar surface area (TPSA) is 122 Å². The average molecular weight is 450 g/mol. The Labute approximate surface area is 181 Å². The van der Waals surface area contributed by atoms with Crippen LogP contribution in [0.5, 0.6) is 0 Å². The van der Waals surface area contributed by atoms with E-state index in [-0.39, 0.29) is 34.4 Å². The number of carbonyl (C=O) groups excluding carboxylic acids is 3. The largest absolute Gasteiger partial charge is 0.398 e. The number of halogens is 1. The van der Waals surface area contributed by atoms with Gasteiger partial charge in [0.2, 0.25) is 11.8 Å². The molecule has 1 aromatic heterocycles. The highest BCUT2D eigenvalue weighted by molar-refractivity contribution is 7.14. The number of aromatic nitrogens is 1. The van der Waals surface area contributed by atoms with Crippen molar-refractivity contribution in [2.45, 2.75) is 24.9 Å². The molecule has 0 unspecified atom stereocenters. The molecule has 3 rings (SSSR count). The molecule has 1 fully saturated rings.